The second kappa shape index (κ2) is 4.77. The van der Waals surface area contributed by atoms with Crippen LogP contribution in [0.4, 0.5) is 0 Å². The van der Waals surface area contributed by atoms with Crippen LogP contribution in [0, 0.1) is 0 Å². The summed E-state index contributed by atoms with van der Waals surface area (Å²) in [6, 6.07) is 2.34. The molecule has 1 aromatic rings. The maximum Gasteiger partial charge on any atom is 0.0657 e. The third-order valence-electron chi connectivity index (χ3n) is 2.83. The average Bonchev–Trinajstić information content (AvgIpc) is 2.67. The molecule has 0 aliphatic carbocycles. The molecule has 1 aliphatic heterocycles. The van der Waals surface area contributed by atoms with Gasteiger partial charge in [-0.2, -0.15) is 5.10 Å². The van der Waals surface area contributed by atoms with Crippen molar-refractivity contribution in [2.45, 2.75) is 38.1 Å². The maximum atomic E-state index is 5.74. The summed E-state index contributed by atoms with van der Waals surface area (Å²) in [7, 11) is 0. The number of hydrogen-bond donors (Lipinski definition) is 2. The van der Waals surface area contributed by atoms with Crippen LogP contribution in [0.1, 0.15) is 37.1 Å². The van der Waals surface area contributed by atoms with Crippen LogP contribution >= 0.6 is 0 Å². The highest BCUT2D eigenvalue weighted by Crippen LogP contribution is 2.25. The van der Waals surface area contributed by atoms with Gasteiger partial charge in [0.2, 0.25) is 0 Å². The zero-order valence-electron chi connectivity index (χ0n) is 9.20. The first-order valence-corrected chi connectivity index (χ1v) is 5.63. The van der Waals surface area contributed by atoms with E-state index in [4.69, 9.17) is 10.5 Å². The lowest BCUT2D eigenvalue weighted by Crippen LogP contribution is -2.17. The summed E-state index contributed by atoms with van der Waals surface area (Å²) < 4.78 is 5.33. The van der Waals surface area contributed by atoms with Gasteiger partial charge in [-0.15, -0.1) is 0 Å². The third-order valence-corrected chi connectivity index (χ3v) is 2.83. The fraction of sp³-hybridized carbons (Fsp3) is 0.727. The normalized spacial score (nSPS) is 20.4. The Hall–Kier alpha value is -0.870. The lowest BCUT2D eigenvalue weighted by atomic mass is 9.96. The highest BCUT2D eigenvalue weighted by molar-refractivity contribution is 5.14. The van der Waals surface area contributed by atoms with Crippen LogP contribution in [0.2, 0.25) is 0 Å². The van der Waals surface area contributed by atoms with E-state index in [1.54, 1.807) is 0 Å². The van der Waals surface area contributed by atoms with Crippen LogP contribution in [0.15, 0.2) is 6.07 Å². The van der Waals surface area contributed by atoms with E-state index < -0.39 is 0 Å². The molecule has 1 atom stereocenters. The van der Waals surface area contributed by atoms with Gasteiger partial charge < -0.3 is 10.5 Å². The summed E-state index contributed by atoms with van der Waals surface area (Å²) in [6.45, 7) is 3.73. The van der Waals surface area contributed by atoms with E-state index in [2.05, 4.69) is 16.3 Å². The zero-order chi connectivity index (χ0) is 10.7. The first kappa shape index (κ1) is 10.6. The molecule has 0 saturated carbocycles. The predicted octanol–water partition coefficient (Wildman–Crippen LogP) is 1.19. The molecule has 1 fully saturated rings. The molecule has 4 nitrogen and oxygen atoms in total. The van der Waals surface area contributed by atoms with Crippen molar-refractivity contribution in [3.8, 4) is 0 Å². The Kier molecular flexibility index (Phi) is 3.38. The number of H-pyrrole nitrogens is 1. The van der Waals surface area contributed by atoms with E-state index in [1.807, 2.05) is 6.92 Å². The molecule has 0 bridgehead atoms. The standard InChI is InChI=1S/C11H19N3O/c1-8(12)6-10-7-11(14-13-10)9-2-4-15-5-3-9/h7-9H,2-6,12H2,1H3,(H,13,14). The number of nitrogens with zero attached hydrogens (tertiary/aromatic N) is 1. The van der Waals surface area contributed by atoms with Crippen molar-refractivity contribution >= 4 is 0 Å². The van der Waals surface area contributed by atoms with Crippen LogP contribution < -0.4 is 5.73 Å². The van der Waals surface area contributed by atoms with E-state index in [0.717, 1.165) is 38.2 Å². The van der Waals surface area contributed by atoms with Gasteiger partial charge in [0.15, 0.2) is 0 Å². The number of nitrogens with one attached hydrogen (secondary N) is 1. The van der Waals surface area contributed by atoms with E-state index in [-0.39, 0.29) is 6.04 Å². The largest absolute Gasteiger partial charge is 0.381 e. The van der Waals surface area contributed by atoms with Gasteiger partial charge in [0.25, 0.3) is 0 Å². The SMILES string of the molecule is CC(N)Cc1cc(C2CCOCC2)n[nH]1. The van der Waals surface area contributed by atoms with Crippen molar-refractivity contribution in [2.24, 2.45) is 5.73 Å². The fourth-order valence-electron chi connectivity index (χ4n) is 2.03. The number of aromatic nitrogens is 2. The van der Waals surface area contributed by atoms with Gasteiger partial charge in [0, 0.05) is 37.3 Å². The minimum atomic E-state index is 0.188. The Morgan fingerprint density at radius 1 is 1.60 bits per heavy atom. The summed E-state index contributed by atoms with van der Waals surface area (Å²) in [5.74, 6) is 0.567. The molecule has 1 unspecified atom stereocenters. The number of aromatic amines is 1. The topological polar surface area (TPSA) is 63.9 Å². The Labute approximate surface area is 90.2 Å². The molecule has 1 aliphatic rings. The Morgan fingerprint density at radius 3 is 3.00 bits per heavy atom. The van der Waals surface area contributed by atoms with Gasteiger partial charge in [-0.1, -0.05) is 0 Å². The van der Waals surface area contributed by atoms with E-state index in [0.29, 0.717) is 5.92 Å². The third kappa shape index (κ3) is 2.79. The molecule has 1 saturated heterocycles. The van der Waals surface area contributed by atoms with E-state index in [9.17, 15) is 0 Å². The molecule has 2 rings (SSSR count). The Morgan fingerprint density at radius 2 is 2.33 bits per heavy atom. The Balaban J connectivity index is 1.99. The van der Waals surface area contributed by atoms with Crippen molar-refractivity contribution in [2.75, 3.05) is 13.2 Å². The molecule has 0 spiro atoms. The summed E-state index contributed by atoms with van der Waals surface area (Å²) in [4.78, 5) is 0. The van der Waals surface area contributed by atoms with Crippen molar-refractivity contribution in [1.82, 2.24) is 10.2 Å². The van der Waals surface area contributed by atoms with Gasteiger partial charge in [-0.3, -0.25) is 5.10 Å². The molecular weight excluding hydrogens is 190 g/mol. The smallest absolute Gasteiger partial charge is 0.0657 e. The van der Waals surface area contributed by atoms with Gasteiger partial charge in [0.05, 0.1) is 5.69 Å². The van der Waals surface area contributed by atoms with Gasteiger partial charge in [0.1, 0.15) is 0 Å². The lowest BCUT2D eigenvalue weighted by molar-refractivity contribution is 0.0845. The number of rotatable bonds is 3. The monoisotopic (exact) mass is 209 g/mol. The number of ether oxygens (including phenoxy) is 1. The van der Waals surface area contributed by atoms with Crippen LogP contribution in [-0.4, -0.2) is 29.5 Å². The Bertz CT molecular complexity index is 303. The molecule has 1 aromatic heterocycles. The lowest BCUT2D eigenvalue weighted by Gasteiger charge is -2.19. The molecule has 0 aromatic carbocycles. The van der Waals surface area contributed by atoms with Crippen LogP contribution in [0.5, 0.6) is 0 Å². The highest BCUT2D eigenvalue weighted by atomic mass is 16.5. The summed E-state index contributed by atoms with van der Waals surface area (Å²) in [5.41, 5.74) is 8.06. The van der Waals surface area contributed by atoms with Crippen molar-refractivity contribution in [1.29, 1.82) is 0 Å². The van der Waals surface area contributed by atoms with Crippen LogP contribution in [0.3, 0.4) is 0 Å². The molecular formula is C11H19N3O. The number of nitrogens with two attached hydrogens (primary N) is 1. The maximum absolute atomic E-state index is 5.74. The van der Waals surface area contributed by atoms with Gasteiger partial charge >= 0.3 is 0 Å². The molecule has 84 valence electrons. The second-order valence-corrected chi connectivity index (χ2v) is 4.39. The molecule has 15 heavy (non-hydrogen) atoms. The second-order valence-electron chi connectivity index (χ2n) is 4.39. The van der Waals surface area contributed by atoms with Gasteiger partial charge in [-0.05, 0) is 25.8 Å². The average molecular weight is 209 g/mol. The molecule has 0 amide bonds. The number of hydrogen-bond acceptors (Lipinski definition) is 3. The van der Waals surface area contributed by atoms with E-state index >= 15 is 0 Å². The van der Waals surface area contributed by atoms with Crippen molar-refractivity contribution in [3.05, 3.63) is 17.5 Å². The molecule has 0 radical (unpaired) electrons. The minimum absolute atomic E-state index is 0.188. The van der Waals surface area contributed by atoms with Crippen LogP contribution in [0.25, 0.3) is 0 Å². The van der Waals surface area contributed by atoms with Crippen molar-refractivity contribution < 1.29 is 4.74 Å². The molecule has 3 N–H and O–H groups in total. The molecule has 4 heteroatoms. The zero-order valence-corrected chi connectivity index (χ0v) is 9.20. The predicted molar refractivity (Wildman–Crippen MR) is 58.7 cm³/mol. The van der Waals surface area contributed by atoms with Gasteiger partial charge in [-0.25, -0.2) is 0 Å². The quantitative estimate of drug-likeness (QED) is 0.786. The summed E-state index contributed by atoms with van der Waals surface area (Å²) >= 11 is 0. The van der Waals surface area contributed by atoms with Crippen molar-refractivity contribution in [3.63, 3.8) is 0 Å². The summed E-state index contributed by atoms with van der Waals surface area (Å²) in [5, 5.41) is 7.42. The fourth-order valence-corrected chi connectivity index (χ4v) is 2.03. The van der Waals surface area contributed by atoms with E-state index in [1.165, 1.54) is 5.69 Å². The first-order valence-electron chi connectivity index (χ1n) is 5.63. The minimum Gasteiger partial charge on any atom is -0.381 e. The summed E-state index contributed by atoms with van der Waals surface area (Å²) in [6.07, 6.45) is 3.04. The van der Waals surface area contributed by atoms with Crippen LogP contribution in [-0.2, 0) is 11.2 Å². The highest BCUT2D eigenvalue weighted by Gasteiger charge is 2.18. The first-order chi connectivity index (χ1) is 7.25. The molecule has 2 heterocycles.